The van der Waals surface area contributed by atoms with Crippen LogP contribution >= 0.6 is 0 Å². The molecule has 4 rings (SSSR count). The average molecular weight is 392 g/mol. The maximum Gasteiger partial charge on any atom is 0.109 e. The quantitative estimate of drug-likeness (QED) is 0.355. The van der Waals surface area contributed by atoms with Gasteiger partial charge in [0.25, 0.3) is 0 Å². The monoisotopic (exact) mass is 392 g/mol. The second-order valence-electron chi connectivity index (χ2n) is 6.32. The Bertz CT molecular complexity index is 935. The molecule has 4 aromatic rings. The summed E-state index contributed by atoms with van der Waals surface area (Å²) >= 11 is 0. The van der Waals surface area contributed by atoms with Crippen LogP contribution in [0.2, 0.25) is 0 Å². The first kappa shape index (κ1) is 19.3. The van der Waals surface area contributed by atoms with Crippen LogP contribution in [0.3, 0.4) is 0 Å². The van der Waals surface area contributed by atoms with Crippen molar-refractivity contribution in [2.24, 2.45) is 9.98 Å². The van der Waals surface area contributed by atoms with Gasteiger partial charge in [-0.25, -0.2) is 0 Å². The van der Waals surface area contributed by atoms with Crippen LogP contribution in [0.1, 0.15) is 22.8 Å². The fourth-order valence-electron chi connectivity index (χ4n) is 2.92. The van der Waals surface area contributed by atoms with Crippen LogP contribution in [-0.2, 0) is 0 Å². The Morgan fingerprint density at radius 1 is 0.467 bits per heavy atom. The van der Waals surface area contributed by atoms with Crippen molar-refractivity contribution in [2.45, 2.75) is 0 Å². The molecule has 0 amide bonds. The van der Waals surface area contributed by atoms with Gasteiger partial charge in [-0.1, -0.05) is 24.3 Å². The molecule has 0 aromatic carbocycles. The Morgan fingerprint density at radius 3 is 1.00 bits per heavy atom. The summed E-state index contributed by atoms with van der Waals surface area (Å²) in [7, 11) is 0. The lowest BCUT2D eigenvalue weighted by atomic mass is 10.1. The van der Waals surface area contributed by atoms with E-state index in [1.165, 1.54) is 0 Å². The minimum absolute atomic E-state index is 0.492. The molecule has 0 aliphatic carbocycles. The maximum atomic E-state index is 4.77. The van der Waals surface area contributed by atoms with Crippen molar-refractivity contribution >= 4 is 11.4 Å². The Kier molecular flexibility index (Phi) is 6.38. The van der Waals surface area contributed by atoms with Gasteiger partial charge >= 0.3 is 0 Å². The predicted octanol–water partition coefficient (Wildman–Crippen LogP) is 3.64. The average Bonchev–Trinajstić information content (AvgIpc) is 2.84. The SMILES string of the molecule is c1ccc(C(=NCCN=C(c2ccccn2)c2ccccn2)c2ccccn2)nc1. The summed E-state index contributed by atoms with van der Waals surface area (Å²) in [5.41, 5.74) is 4.65. The highest BCUT2D eigenvalue weighted by Crippen LogP contribution is 2.08. The highest BCUT2D eigenvalue weighted by molar-refractivity contribution is 6.11. The van der Waals surface area contributed by atoms with Crippen molar-refractivity contribution in [1.29, 1.82) is 0 Å². The van der Waals surface area contributed by atoms with Gasteiger partial charge in [0.05, 0.1) is 35.9 Å². The van der Waals surface area contributed by atoms with Crippen LogP contribution in [0.4, 0.5) is 0 Å². The Balaban J connectivity index is 1.60. The minimum Gasteiger partial charge on any atom is -0.279 e. The third kappa shape index (κ3) is 4.86. The predicted molar refractivity (Wildman–Crippen MR) is 118 cm³/mol. The van der Waals surface area contributed by atoms with Crippen molar-refractivity contribution in [3.8, 4) is 0 Å². The van der Waals surface area contributed by atoms with E-state index in [1.54, 1.807) is 24.8 Å². The Hall–Kier alpha value is -4.06. The smallest absolute Gasteiger partial charge is 0.109 e. The van der Waals surface area contributed by atoms with E-state index in [0.29, 0.717) is 13.1 Å². The van der Waals surface area contributed by atoms with Crippen molar-refractivity contribution in [1.82, 2.24) is 19.9 Å². The zero-order valence-corrected chi connectivity index (χ0v) is 16.3. The lowest BCUT2D eigenvalue weighted by molar-refractivity contribution is 0.968. The van der Waals surface area contributed by atoms with Gasteiger partial charge < -0.3 is 0 Å². The fourth-order valence-corrected chi connectivity index (χ4v) is 2.92. The third-order valence-corrected chi connectivity index (χ3v) is 4.27. The number of hydrogen-bond acceptors (Lipinski definition) is 6. The summed E-state index contributed by atoms with van der Waals surface area (Å²) in [4.78, 5) is 27.3. The highest BCUT2D eigenvalue weighted by Gasteiger charge is 2.10. The maximum absolute atomic E-state index is 4.77. The second kappa shape index (κ2) is 9.93. The number of rotatable bonds is 7. The molecule has 0 aliphatic heterocycles. The van der Waals surface area contributed by atoms with Gasteiger partial charge in [0.1, 0.15) is 11.4 Å². The third-order valence-electron chi connectivity index (χ3n) is 4.27. The number of hydrogen-bond donors (Lipinski definition) is 0. The van der Waals surface area contributed by atoms with Crippen LogP contribution in [0.15, 0.2) is 108 Å². The van der Waals surface area contributed by atoms with Gasteiger partial charge in [-0.2, -0.15) is 0 Å². The molecular weight excluding hydrogens is 372 g/mol. The van der Waals surface area contributed by atoms with Crippen molar-refractivity contribution in [2.75, 3.05) is 13.1 Å². The minimum atomic E-state index is 0.492. The van der Waals surface area contributed by atoms with Gasteiger partial charge in [-0.05, 0) is 48.5 Å². The molecule has 6 heteroatoms. The summed E-state index contributed by atoms with van der Waals surface area (Å²) in [6.45, 7) is 0.983. The van der Waals surface area contributed by atoms with Gasteiger partial charge in [0.2, 0.25) is 0 Å². The molecule has 0 atom stereocenters. The van der Waals surface area contributed by atoms with E-state index in [4.69, 9.17) is 9.98 Å². The lowest BCUT2D eigenvalue weighted by Gasteiger charge is -2.07. The number of nitrogens with zero attached hydrogens (tertiary/aromatic N) is 6. The van der Waals surface area contributed by atoms with Crippen molar-refractivity contribution in [3.63, 3.8) is 0 Å². The molecule has 4 heterocycles. The van der Waals surface area contributed by atoms with Crippen LogP contribution < -0.4 is 0 Å². The van der Waals surface area contributed by atoms with E-state index in [-0.39, 0.29) is 0 Å². The fraction of sp³-hybridized carbons (Fsp3) is 0.0833. The largest absolute Gasteiger partial charge is 0.279 e. The molecular formula is C24H20N6. The van der Waals surface area contributed by atoms with E-state index >= 15 is 0 Å². The van der Waals surface area contributed by atoms with Crippen molar-refractivity contribution < 1.29 is 0 Å². The lowest BCUT2D eigenvalue weighted by Crippen LogP contribution is -2.11. The van der Waals surface area contributed by atoms with Gasteiger partial charge in [0, 0.05) is 24.8 Å². The Labute approximate surface area is 175 Å². The molecule has 0 radical (unpaired) electrons. The molecule has 30 heavy (non-hydrogen) atoms. The van der Waals surface area contributed by atoms with E-state index in [9.17, 15) is 0 Å². The van der Waals surface area contributed by atoms with Gasteiger partial charge in [-0.15, -0.1) is 0 Å². The summed E-state index contributed by atoms with van der Waals surface area (Å²) in [5, 5.41) is 0. The molecule has 0 unspecified atom stereocenters. The zero-order valence-electron chi connectivity index (χ0n) is 16.3. The van der Waals surface area contributed by atoms with E-state index < -0.39 is 0 Å². The molecule has 0 fully saturated rings. The summed E-state index contributed by atoms with van der Waals surface area (Å²) in [6, 6.07) is 23.1. The molecule has 0 bridgehead atoms. The topological polar surface area (TPSA) is 76.3 Å². The van der Waals surface area contributed by atoms with Crippen molar-refractivity contribution in [3.05, 3.63) is 120 Å². The molecule has 0 aliphatic rings. The van der Waals surface area contributed by atoms with E-state index in [0.717, 1.165) is 34.2 Å². The molecule has 6 nitrogen and oxygen atoms in total. The summed E-state index contributed by atoms with van der Waals surface area (Å²) in [5.74, 6) is 0. The second-order valence-corrected chi connectivity index (χ2v) is 6.32. The van der Waals surface area contributed by atoms with Crippen LogP contribution in [0.5, 0.6) is 0 Å². The number of pyridine rings is 4. The highest BCUT2D eigenvalue weighted by atomic mass is 14.9. The Morgan fingerprint density at radius 2 is 0.767 bits per heavy atom. The first-order valence-electron chi connectivity index (χ1n) is 9.66. The first-order chi connectivity index (χ1) is 14.9. The molecule has 4 aromatic heterocycles. The van der Waals surface area contributed by atoms with E-state index in [2.05, 4.69) is 19.9 Å². The van der Waals surface area contributed by atoms with Gasteiger partial charge in [0.15, 0.2) is 0 Å². The molecule has 0 saturated carbocycles. The first-order valence-corrected chi connectivity index (χ1v) is 9.66. The number of aromatic nitrogens is 4. The van der Waals surface area contributed by atoms with Crippen LogP contribution in [-0.4, -0.2) is 44.4 Å². The summed E-state index contributed by atoms with van der Waals surface area (Å²) < 4.78 is 0. The molecule has 0 N–H and O–H groups in total. The zero-order chi connectivity index (χ0) is 20.4. The van der Waals surface area contributed by atoms with Crippen LogP contribution in [0.25, 0.3) is 0 Å². The van der Waals surface area contributed by atoms with Crippen LogP contribution in [0, 0.1) is 0 Å². The molecule has 0 saturated heterocycles. The van der Waals surface area contributed by atoms with E-state index in [1.807, 2.05) is 72.8 Å². The normalized spacial score (nSPS) is 10.3. The molecule has 146 valence electrons. The number of aliphatic imine (C=N–C) groups is 2. The standard InChI is InChI=1S/C24H20N6/c1-5-13-25-19(9-1)23(20-10-2-6-14-26-20)29-17-18-30-24(21-11-3-7-15-27-21)22-12-4-8-16-28-22/h1-16H,17-18H2. The molecule has 0 spiro atoms. The van der Waals surface area contributed by atoms with Gasteiger partial charge in [-0.3, -0.25) is 29.9 Å². The summed E-state index contributed by atoms with van der Waals surface area (Å²) in [6.07, 6.45) is 7.02.